The Hall–Kier alpha value is -1.35. The fourth-order valence-corrected chi connectivity index (χ4v) is 1.40. The van der Waals surface area contributed by atoms with E-state index < -0.39 is 6.04 Å². The highest BCUT2D eigenvalue weighted by Gasteiger charge is 2.16. The number of hydrogen-bond acceptors (Lipinski definition) is 2. The van der Waals surface area contributed by atoms with Gasteiger partial charge in [0.05, 0.1) is 6.04 Å². The van der Waals surface area contributed by atoms with Gasteiger partial charge in [0.25, 0.3) is 0 Å². The summed E-state index contributed by atoms with van der Waals surface area (Å²) in [6, 6.07) is 7.38. The van der Waals surface area contributed by atoms with E-state index in [1.807, 2.05) is 38.1 Å². The number of carbonyl (C=O) groups excluding carboxylic acids is 1. The predicted molar refractivity (Wildman–Crippen MR) is 67.3 cm³/mol. The summed E-state index contributed by atoms with van der Waals surface area (Å²) in [6.45, 7) is 5.96. The lowest BCUT2D eigenvalue weighted by Gasteiger charge is -2.15. The SMILES string of the molecule is CCc1cccc(NC(=O)[C@H](N)C(C)C)c1. The molecule has 1 aromatic carbocycles. The largest absolute Gasteiger partial charge is 0.325 e. The van der Waals surface area contributed by atoms with Crippen LogP contribution in [0.15, 0.2) is 24.3 Å². The van der Waals surface area contributed by atoms with Crippen molar-refractivity contribution < 1.29 is 4.79 Å². The quantitative estimate of drug-likeness (QED) is 0.817. The molecule has 3 heteroatoms. The minimum atomic E-state index is -0.453. The normalized spacial score (nSPS) is 12.6. The van der Waals surface area contributed by atoms with Crippen LogP contribution >= 0.6 is 0 Å². The number of rotatable bonds is 4. The number of anilines is 1. The van der Waals surface area contributed by atoms with Crippen molar-refractivity contribution >= 4 is 11.6 Å². The lowest BCUT2D eigenvalue weighted by molar-refractivity contribution is -0.118. The zero-order valence-corrected chi connectivity index (χ0v) is 10.2. The Morgan fingerprint density at radius 2 is 2.12 bits per heavy atom. The third-order valence-corrected chi connectivity index (χ3v) is 2.62. The van der Waals surface area contributed by atoms with Gasteiger partial charge in [0.1, 0.15) is 0 Å². The molecular weight excluding hydrogens is 200 g/mol. The second-order valence-corrected chi connectivity index (χ2v) is 4.31. The number of benzene rings is 1. The molecular formula is C13H20N2O. The molecule has 0 heterocycles. The van der Waals surface area contributed by atoms with E-state index in [4.69, 9.17) is 5.73 Å². The molecule has 0 bridgehead atoms. The van der Waals surface area contributed by atoms with Crippen molar-refractivity contribution in [3.05, 3.63) is 29.8 Å². The predicted octanol–water partition coefficient (Wildman–Crippen LogP) is 2.17. The molecule has 0 unspecified atom stereocenters. The molecule has 1 atom stereocenters. The third-order valence-electron chi connectivity index (χ3n) is 2.62. The van der Waals surface area contributed by atoms with Crippen LogP contribution < -0.4 is 11.1 Å². The fraction of sp³-hybridized carbons (Fsp3) is 0.462. The molecule has 0 radical (unpaired) electrons. The second kappa shape index (κ2) is 5.66. The summed E-state index contributed by atoms with van der Waals surface area (Å²) in [5.41, 5.74) is 7.79. The average Bonchev–Trinajstić information content (AvgIpc) is 2.28. The van der Waals surface area contributed by atoms with Gasteiger partial charge in [-0.25, -0.2) is 0 Å². The number of nitrogens with one attached hydrogen (secondary N) is 1. The molecule has 0 spiro atoms. The summed E-state index contributed by atoms with van der Waals surface area (Å²) in [6.07, 6.45) is 0.958. The van der Waals surface area contributed by atoms with E-state index in [2.05, 4.69) is 12.2 Å². The Morgan fingerprint density at radius 1 is 1.44 bits per heavy atom. The number of aryl methyl sites for hydroxylation is 1. The number of carbonyl (C=O) groups is 1. The molecule has 0 aliphatic carbocycles. The van der Waals surface area contributed by atoms with E-state index in [1.165, 1.54) is 5.56 Å². The maximum absolute atomic E-state index is 11.7. The topological polar surface area (TPSA) is 55.1 Å². The van der Waals surface area contributed by atoms with Crippen LogP contribution in [0.4, 0.5) is 5.69 Å². The van der Waals surface area contributed by atoms with E-state index in [1.54, 1.807) is 0 Å². The molecule has 88 valence electrons. The molecule has 0 aliphatic heterocycles. The summed E-state index contributed by atoms with van der Waals surface area (Å²) in [7, 11) is 0. The van der Waals surface area contributed by atoms with Gasteiger partial charge in [-0.3, -0.25) is 4.79 Å². The standard InChI is InChI=1S/C13H20N2O/c1-4-10-6-5-7-11(8-10)15-13(16)12(14)9(2)3/h5-9,12H,4,14H2,1-3H3,(H,15,16)/t12-/m1/s1. The molecule has 3 N–H and O–H groups in total. The van der Waals surface area contributed by atoms with Gasteiger partial charge in [-0.15, -0.1) is 0 Å². The van der Waals surface area contributed by atoms with Gasteiger partial charge in [0, 0.05) is 5.69 Å². The first kappa shape index (κ1) is 12.7. The van der Waals surface area contributed by atoms with Gasteiger partial charge in [0.2, 0.25) is 5.91 Å². The minimum absolute atomic E-state index is 0.122. The molecule has 0 aliphatic rings. The smallest absolute Gasteiger partial charge is 0.241 e. The molecule has 1 aromatic rings. The molecule has 0 fully saturated rings. The van der Waals surface area contributed by atoms with Crippen molar-refractivity contribution in [1.29, 1.82) is 0 Å². The van der Waals surface area contributed by atoms with Crippen LogP contribution in [0.1, 0.15) is 26.3 Å². The van der Waals surface area contributed by atoms with Gasteiger partial charge in [0.15, 0.2) is 0 Å². The maximum Gasteiger partial charge on any atom is 0.241 e. The third kappa shape index (κ3) is 3.35. The Kier molecular flexibility index (Phi) is 4.50. The highest BCUT2D eigenvalue weighted by Crippen LogP contribution is 2.12. The molecule has 0 saturated carbocycles. The van der Waals surface area contributed by atoms with Crippen LogP contribution in [0, 0.1) is 5.92 Å². The first-order chi connectivity index (χ1) is 7.54. The van der Waals surface area contributed by atoms with Gasteiger partial charge >= 0.3 is 0 Å². The first-order valence-electron chi connectivity index (χ1n) is 5.70. The fourth-order valence-electron chi connectivity index (χ4n) is 1.40. The van der Waals surface area contributed by atoms with E-state index in [0.717, 1.165) is 12.1 Å². The van der Waals surface area contributed by atoms with Crippen molar-refractivity contribution in [3.8, 4) is 0 Å². The summed E-state index contributed by atoms with van der Waals surface area (Å²) in [5.74, 6) is 0.0256. The average molecular weight is 220 g/mol. The van der Waals surface area contributed by atoms with Crippen molar-refractivity contribution in [2.24, 2.45) is 11.7 Å². The van der Waals surface area contributed by atoms with Crippen LogP contribution in [0.5, 0.6) is 0 Å². The van der Waals surface area contributed by atoms with Crippen molar-refractivity contribution in [1.82, 2.24) is 0 Å². The lowest BCUT2D eigenvalue weighted by Crippen LogP contribution is -2.39. The van der Waals surface area contributed by atoms with E-state index in [9.17, 15) is 4.79 Å². The van der Waals surface area contributed by atoms with E-state index in [-0.39, 0.29) is 11.8 Å². The van der Waals surface area contributed by atoms with Crippen LogP contribution in [-0.4, -0.2) is 11.9 Å². The monoisotopic (exact) mass is 220 g/mol. The summed E-state index contributed by atoms with van der Waals surface area (Å²) in [5, 5.41) is 2.83. The molecule has 0 aromatic heterocycles. The highest BCUT2D eigenvalue weighted by molar-refractivity contribution is 5.94. The lowest BCUT2D eigenvalue weighted by atomic mass is 10.0. The molecule has 1 rings (SSSR count). The van der Waals surface area contributed by atoms with Crippen molar-refractivity contribution in [2.45, 2.75) is 33.2 Å². The van der Waals surface area contributed by atoms with Gasteiger partial charge in [-0.1, -0.05) is 32.9 Å². The summed E-state index contributed by atoms with van der Waals surface area (Å²) < 4.78 is 0. The minimum Gasteiger partial charge on any atom is -0.325 e. The van der Waals surface area contributed by atoms with Crippen LogP contribution in [0.2, 0.25) is 0 Å². The van der Waals surface area contributed by atoms with Crippen LogP contribution in [-0.2, 0) is 11.2 Å². The Balaban J connectivity index is 2.69. The maximum atomic E-state index is 11.7. The molecule has 1 amide bonds. The van der Waals surface area contributed by atoms with Crippen LogP contribution in [0.25, 0.3) is 0 Å². The number of amides is 1. The Morgan fingerprint density at radius 3 is 2.69 bits per heavy atom. The van der Waals surface area contributed by atoms with Gasteiger partial charge in [-0.05, 0) is 30.0 Å². The zero-order valence-electron chi connectivity index (χ0n) is 10.2. The molecule has 16 heavy (non-hydrogen) atoms. The highest BCUT2D eigenvalue weighted by atomic mass is 16.2. The summed E-state index contributed by atoms with van der Waals surface area (Å²) >= 11 is 0. The Labute approximate surface area is 97.0 Å². The zero-order chi connectivity index (χ0) is 12.1. The van der Waals surface area contributed by atoms with Crippen molar-refractivity contribution in [2.75, 3.05) is 5.32 Å². The number of nitrogens with two attached hydrogens (primary N) is 1. The summed E-state index contributed by atoms with van der Waals surface area (Å²) in [4.78, 5) is 11.7. The second-order valence-electron chi connectivity index (χ2n) is 4.31. The van der Waals surface area contributed by atoms with Gasteiger partial charge in [-0.2, -0.15) is 0 Å². The number of hydrogen-bond donors (Lipinski definition) is 2. The van der Waals surface area contributed by atoms with Crippen LogP contribution in [0.3, 0.4) is 0 Å². The molecule has 0 saturated heterocycles. The van der Waals surface area contributed by atoms with E-state index in [0.29, 0.717) is 0 Å². The molecule has 3 nitrogen and oxygen atoms in total. The van der Waals surface area contributed by atoms with E-state index >= 15 is 0 Å². The first-order valence-corrected chi connectivity index (χ1v) is 5.70. The van der Waals surface area contributed by atoms with Crippen molar-refractivity contribution in [3.63, 3.8) is 0 Å². The Bertz CT molecular complexity index is 361. The van der Waals surface area contributed by atoms with Gasteiger partial charge < -0.3 is 11.1 Å².